The van der Waals surface area contributed by atoms with Crippen LogP contribution in [0.4, 0.5) is 0 Å². The molecule has 0 aromatic carbocycles. The van der Waals surface area contributed by atoms with Crippen molar-refractivity contribution in [1.82, 2.24) is 5.32 Å². The van der Waals surface area contributed by atoms with Gasteiger partial charge in [-0.3, -0.25) is 4.79 Å². The van der Waals surface area contributed by atoms with E-state index in [2.05, 4.69) is 21.2 Å². The standard InChI is InChI=1S/C13H22BrNO/c14-8-2-1-3-13(16)15-9-12(10-4-5-10)11-6-7-11/h10-12H,1-9H2,(H,15,16). The second-order valence-corrected chi connectivity index (χ2v) is 6.08. The molecule has 0 bridgehead atoms. The highest BCUT2D eigenvalue weighted by atomic mass is 79.9. The molecular formula is C13H22BrNO. The molecule has 0 spiro atoms. The molecule has 0 aromatic heterocycles. The Kier molecular flexibility index (Phi) is 4.68. The summed E-state index contributed by atoms with van der Waals surface area (Å²) in [6.07, 6.45) is 8.42. The normalized spacial score (nSPS) is 20.1. The number of rotatable bonds is 8. The molecule has 1 amide bonds. The van der Waals surface area contributed by atoms with E-state index >= 15 is 0 Å². The number of alkyl halides is 1. The first kappa shape index (κ1) is 12.4. The molecule has 2 saturated carbocycles. The average molecular weight is 288 g/mol. The number of nitrogens with one attached hydrogen (secondary N) is 1. The Hall–Kier alpha value is -0.0500. The van der Waals surface area contributed by atoms with Crippen molar-refractivity contribution in [3.05, 3.63) is 0 Å². The van der Waals surface area contributed by atoms with Gasteiger partial charge in [-0.25, -0.2) is 0 Å². The van der Waals surface area contributed by atoms with Gasteiger partial charge in [0.1, 0.15) is 0 Å². The molecule has 0 atom stereocenters. The van der Waals surface area contributed by atoms with Gasteiger partial charge in [0, 0.05) is 18.3 Å². The smallest absolute Gasteiger partial charge is 0.220 e. The second kappa shape index (κ2) is 6.04. The molecule has 0 radical (unpaired) electrons. The molecule has 0 aromatic rings. The van der Waals surface area contributed by atoms with E-state index < -0.39 is 0 Å². The summed E-state index contributed by atoms with van der Waals surface area (Å²) in [5.74, 6) is 2.94. The number of hydrogen-bond donors (Lipinski definition) is 1. The Morgan fingerprint density at radius 3 is 2.31 bits per heavy atom. The van der Waals surface area contributed by atoms with Crippen LogP contribution in [0.5, 0.6) is 0 Å². The van der Waals surface area contributed by atoms with E-state index in [1.54, 1.807) is 0 Å². The Balaban J connectivity index is 1.59. The van der Waals surface area contributed by atoms with Gasteiger partial charge in [0.2, 0.25) is 5.91 Å². The topological polar surface area (TPSA) is 29.1 Å². The number of hydrogen-bond acceptors (Lipinski definition) is 1. The fraction of sp³-hybridized carbons (Fsp3) is 0.923. The van der Waals surface area contributed by atoms with E-state index in [0.29, 0.717) is 6.42 Å². The van der Waals surface area contributed by atoms with Gasteiger partial charge >= 0.3 is 0 Å². The summed E-state index contributed by atoms with van der Waals surface area (Å²) in [6.45, 7) is 0.947. The molecule has 1 N–H and O–H groups in total. The molecule has 16 heavy (non-hydrogen) atoms. The van der Waals surface area contributed by atoms with Crippen LogP contribution < -0.4 is 5.32 Å². The lowest BCUT2D eigenvalue weighted by molar-refractivity contribution is -0.121. The largest absolute Gasteiger partial charge is 0.356 e. The van der Waals surface area contributed by atoms with E-state index in [0.717, 1.165) is 42.5 Å². The molecule has 0 aliphatic heterocycles. The quantitative estimate of drug-likeness (QED) is 0.539. The molecular weight excluding hydrogens is 266 g/mol. The molecule has 2 aliphatic carbocycles. The predicted molar refractivity (Wildman–Crippen MR) is 69.6 cm³/mol. The number of carbonyl (C=O) groups excluding carboxylic acids is 1. The second-order valence-electron chi connectivity index (χ2n) is 5.29. The van der Waals surface area contributed by atoms with Gasteiger partial charge in [-0.1, -0.05) is 15.9 Å². The zero-order valence-electron chi connectivity index (χ0n) is 9.88. The molecule has 0 saturated heterocycles. The van der Waals surface area contributed by atoms with Crippen LogP contribution in [0.25, 0.3) is 0 Å². The van der Waals surface area contributed by atoms with Crippen molar-refractivity contribution in [2.45, 2.75) is 44.9 Å². The van der Waals surface area contributed by atoms with Crippen LogP contribution >= 0.6 is 15.9 Å². The summed E-state index contributed by atoms with van der Waals surface area (Å²) >= 11 is 3.38. The Bertz CT molecular complexity index is 224. The summed E-state index contributed by atoms with van der Waals surface area (Å²) in [5, 5.41) is 4.14. The monoisotopic (exact) mass is 287 g/mol. The van der Waals surface area contributed by atoms with Gasteiger partial charge in [0.15, 0.2) is 0 Å². The minimum Gasteiger partial charge on any atom is -0.356 e. The summed E-state index contributed by atoms with van der Waals surface area (Å²) in [5.41, 5.74) is 0. The van der Waals surface area contributed by atoms with Crippen LogP contribution in [0.1, 0.15) is 44.9 Å². The molecule has 92 valence electrons. The highest BCUT2D eigenvalue weighted by Gasteiger charge is 2.41. The molecule has 2 fully saturated rings. The third-order valence-electron chi connectivity index (χ3n) is 3.78. The van der Waals surface area contributed by atoms with Crippen LogP contribution in [0.3, 0.4) is 0 Å². The summed E-state index contributed by atoms with van der Waals surface area (Å²) in [7, 11) is 0. The van der Waals surface area contributed by atoms with Crippen molar-refractivity contribution >= 4 is 21.8 Å². The first-order valence-electron chi connectivity index (χ1n) is 6.64. The van der Waals surface area contributed by atoms with Crippen LogP contribution in [-0.4, -0.2) is 17.8 Å². The van der Waals surface area contributed by atoms with Gasteiger partial charge in [-0.2, -0.15) is 0 Å². The highest BCUT2D eigenvalue weighted by Crippen LogP contribution is 2.48. The maximum absolute atomic E-state index is 11.6. The summed E-state index contributed by atoms with van der Waals surface area (Å²) < 4.78 is 0. The molecule has 2 nitrogen and oxygen atoms in total. The molecule has 0 heterocycles. The van der Waals surface area contributed by atoms with Gasteiger partial charge in [-0.05, 0) is 56.3 Å². The fourth-order valence-electron chi connectivity index (χ4n) is 2.47. The summed E-state index contributed by atoms with van der Waals surface area (Å²) in [4.78, 5) is 11.6. The Morgan fingerprint density at radius 2 is 1.81 bits per heavy atom. The third-order valence-corrected chi connectivity index (χ3v) is 4.34. The minimum absolute atomic E-state index is 0.257. The van der Waals surface area contributed by atoms with Gasteiger partial charge in [0.25, 0.3) is 0 Å². The van der Waals surface area contributed by atoms with Crippen LogP contribution in [-0.2, 0) is 4.79 Å². The number of unbranched alkanes of at least 4 members (excludes halogenated alkanes) is 1. The third kappa shape index (κ3) is 4.08. The summed E-state index contributed by atoms with van der Waals surface area (Å²) in [6, 6.07) is 0. The number of amides is 1. The average Bonchev–Trinajstić information content (AvgIpc) is 3.13. The number of halogens is 1. The van der Waals surface area contributed by atoms with E-state index in [9.17, 15) is 4.79 Å². The van der Waals surface area contributed by atoms with Crippen molar-refractivity contribution < 1.29 is 4.79 Å². The van der Waals surface area contributed by atoms with E-state index in [1.165, 1.54) is 25.7 Å². The van der Waals surface area contributed by atoms with Crippen LogP contribution in [0.15, 0.2) is 0 Å². The first-order chi connectivity index (χ1) is 7.81. The Labute approximate surface area is 107 Å². The van der Waals surface area contributed by atoms with Crippen LogP contribution in [0, 0.1) is 17.8 Å². The molecule has 3 heteroatoms. The lowest BCUT2D eigenvalue weighted by atomic mass is 9.98. The maximum atomic E-state index is 11.6. The highest BCUT2D eigenvalue weighted by molar-refractivity contribution is 9.09. The van der Waals surface area contributed by atoms with Crippen LogP contribution in [0.2, 0.25) is 0 Å². The SMILES string of the molecule is O=C(CCCCBr)NCC(C1CC1)C1CC1. The van der Waals surface area contributed by atoms with E-state index in [-0.39, 0.29) is 5.91 Å². The van der Waals surface area contributed by atoms with E-state index in [1.807, 2.05) is 0 Å². The van der Waals surface area contributed by atoms with E-state index in [4.69, 9.17) is 0 Å². The zero-order valence-corrected chi connectivity index (χ0v) is 11.5. The lowest BCUT2D eigenvalue weighted by Crippen LogP contribution is -2.30. The van der Waals surface area contributed by atoms with Gasteiger partial charge < -0.3 is 5.32 Å². The predicted octanol–water partition coefficient (Wildman–Crippen LogP) is 3.10. The molecule has 0 unspecified atom stereocenters. The van der Waals surface area contributed by atoms with Crippen molar-refractivity contribution in [2.24, 2.45) is 17.8 Å². The Morgan fingerprint density at radius 1 is 1.19 bits per heavy atom. The fourth-order valence-corrected chi connectivity index (χ4v) is 2.86. The zero-order chi connectivity index (χ0) is 11.4. The van der Waals surface area contributed by atoms with Crippen molar-refractivity contribution in [2.75, 3.05) is 11.9 Å². The van der Waals surface area contributed by atoms with Gasteiger partial charge in [0.05, 0.1) is 0 Å². The minimum atomic E-state index is 0.257. The molecule has 2 aliphatic rings. The molecule has 2 rings (SSSR count). The van der Waals surface area contributed by atoms with Crippen molar-refractivity contribution in [1.29, 1.82) is 0 Å². The van der Waals surface area contributed by atoms with Gasteiger partial charge in [-0.15, -0.1) is 0 Å². The van der Waals surface area contributed by atoms with Crippen molar-refractivity contribution in [3.8, 4) is 0 Å². The van der Waals surface area contributed by atoms with Crippen molar-refractivity contribution in [3.63, 3.8) is 0 Å². The number of carbonyl (C=O) groups is 1. The first-order valence-corrected chi connectivity index (χ1v) is 7.76. The lowest BCUT2D eigenvalue weighted by Gasteiger charge is -2.16. The maximum Gasteiger partial charge on any atom is 0.220 e.